The van der Waals surface area contributed by atoms with Gasteiger partial charge in [-0.25, -0.2) is 14.2 Å². The highest BCUT2D eigenvalue weighted by Gasteiger charge is 2.21. The van der Waals surface area contributed by atoms with E-state index < -0.39 is 23.6 Å². The molecule has 0 aliphatic carbocycles. The van der Waals surface area contributed by atoms with E-state index in [1.165, 1.54) is 13.2 Å². The SMILES string of the molecule is COc1cccc(C(CCNC(=O)OC(C)(C)C)Oc2cc(Cl)c(F)cc2C#N)n1. The Morgan fingerprint density at radius 1 is 1.37 bits per heavy atom. The molecule has 0 saturated carbocycles. The molecule has 1 heterocycles. The Kier molecular flexibility index (Phi) is 7.84. The number of aromatic nitrogens is 1. The molecule has 0 aliphatic rings. The van der Waals surface area contributed by atoms with Crippen LogP contribution in [0, 0.1) is 17.1 Å². The summed E-state index contributed by atoms with van der Waals surface area (Å²) >= 11 is 5.85. The standard InChI is InChI=1S/C21H23ClFN3O4/c1-21(2,3)30-20(27)25-9-8-17(16-6-5-7-19(26-16)28-4)29-18-11-14(22)15(23)10-13(18)12-24/h5-7,10-11,17H,8-9H2,1-4H3,(H,25,27). The molecule has 1 aromatic heterocycles. The molecule has 1 aromatic carbocycles. The van der Waals surface area contributed by atoms with Gasteiger partial charge in [0.05, 0.1) is 23.4 Å². The van der Waals surface area contributed by atoms with Crippen molar-refractivity contribution in [2.75, 3.05) is 13.7 Å². The zero-order valence-corrected chi connectivity index (χ0v) is 17.9. The maximum absolute atomic E-state index is 13.7. The number of methoxy groups -OCH3 is 1. The molecule has 0 saturated heterocycles. The van der Waals surface area contributed by atoms with Gasteiger partial charge in [-0.3, -0.25) is 0 Å². The average Bonchev–Trinajstić information content (AvgIpc) is 2.68. The van der Waals surface area contributed by atoms with Gasteiger partial charge in [0.1, 0.15) is 29.3 Å². The quantitative estimate of drug-likeness (QED) is 0.672. The number of rotatable bonds is 7. The monoisotopic (exact) mass is 435 g/mol. The van der Waals surface area contributed by atoms with Crippen molar-refractivity contribution in [2.45, 2.75) is 38.9 Å². The third-order valence-corrected chi connectivity index (χ3v) is 4.06. The van der Waals surface area contributed by atoms with Gasteiger partial charge in [-0.15, -0.1) is 0 Å². The number of hydrogen-bond acceptors (Lipinski definition) is 6. The van der Waals surface area contributed by atoms with E-state index in [0.717, 1.165) is 6.07 Å². The van der Waals surface area contributed by atoms with Crippen LogP contribution in [0.1, 0.15) is 44.6 Å². The van der Waals surface area contributed by atoms with E-state index in [-0.39, 0.29) is 22.9 Å². The van der Waals surface area contributed by atoms with Gasteiger partial charge in [-0.2, -0.15) is 5.26 Å². The Hall–Kier alpha value is -3.05. The van der Waals surface area contributed by atoms with Crippen molar-refractivity contribution in [3.05, 3.63) is 52.4 Å². The lowest BCUT2D eigenvalue weighted by molar-refractivity contribution is 0.0520. The normalized spacial score (nSPS) is 11.9. The number of nitriles is 1. The molecule has 0 bridgehead atoms. The van der Waals surface area contributed by atoms with Crippen LogP contribution in [0.3, 0.4) is 0 Å². The van der Waals surface area contributed by atoms with Gasteiger partial charge in [-0.05, 0) is 32.9 Å². The van der Waals surface area contributed by atoms with Gasteiger partial charge >= 0.3 is 6.09 Å². The maximum Gasteiger partial charge on any atom is 0.407 e. The summed E-state index contributed by atoms with van der Waals surface area (Å²) < 4.78 is 30.0. The molecule has 2 rings (SSSR count). The van der Waals surface area contributed by atoms with Gasteiger partial charge in [0.2, 0.25) is 5.88 Å². The van der Waals surface area contributed by atoms with Crippen LogP contribution in [0.25, 0.3) is 0 Å². The first-order chi connectivity index (χ1) is 14.1. The Morgan fingerprint density at radius 3 is 2.73 bits per heavy atom. The number of amides is 1. The molecule has 1 amide bonds. The maximum atomic E-state index is 13.7. The molecule has 0 radical (unpaired) electrons. The fourth-order valence-electron chi connectivity index (χ4n) is 2.48. The number of nitrogens with zero attached hydrogens (tertiary/aromatic N) is 2. The van der Waals surface area contributed by atoms with Crippen LogP contribution in [0.15, 0.2) is 30.3 Å². The Labute approximate surface area is 179 Å². The predicted octanol–water partition coefficient (Wildman–Crippen LogP) is 4.79. The summed E-state index contributed by atoms with van der Waals surface area (Å²) in [6.45, 7) is 5.50. The first kappa shape index (κ1) is 23.2. The second-order valence-electron chi connectivity index (χ2n) is 7.30. The van der Waals surface area contributed by atoms with Crippen molar-refractivity contribution in [1.29, 1.82) is 5.26 Å². The van der Waals surface area contributed by atoms with E-state index >= 15 is 0 Å². The minimum atomic E-state index is -0.719. The van der Waals surface area contributed by atoms with E-state index in [1.54, 1.807) is 39.0 Å². The number of pyridine rings is 1. The van der Waals surface area contributed by atoms with Crippen LogP contribution in [0.5, 0.6) is 11.6 Å². The first-order valence-electron chi connectivity index (χ1n) is 9.16. The summed E-state index contributed by atoms with van der Waals surface area (Å²) in [5.41, 5.74) is -0.129. The highest BCUT2D eigenvalue weighted by molar-refractivity contribution is 6.30. The number of benzene rings is 1. The second-order valence-corrected chi connectivity index (χ2v) is 7.71. The number of carbonyl (C=O) groups excluding carboxylic acids is 1. The molecule has 7 nitrogen and oxygen atoms in total. The fraction of sp³-hybridized carbons (Fsp3) is 0.381. The molecular weight excluding hydrogens is 413 g/mol. The summed E-state index contributed by atoms with van der Waals surface area (Å²) in [4.78, 5) is 16.3. The number of nitrogens with one attached hydrogen (secondary N) is 1. The summed E-state index contributed by atoms with van der Waals surface area (Å²) in [6.07, 6.45) is -0.953. The van der Waals surface area contributed by atoms with E-state index in [1.807, 2.05) is 6.07 Å². The summed E-state index contributed by atoms with van der Waals surface area (Å²) in [6, 6.07) is 9.26. The summed E-state index contributed by atoms with van der Waals surface area (Å²) in [5.74, 6) is -0.238. The second kappa shape index (κ2) is 10.1. The highest BCUT2D eigenvalue weighted by Crippen LogP contribution is 2.31. The topological polar surface area (TPSA) is 93.5 Å². The lowest BCUT2D eigenvalue weighted by atomic mass is 10.1. The molecule has 160 valence electrons. The van der Waals surface area contributed by atoms with Crippen molar-refractivity contribution in [2.24, 2.45) is 0 Å². The molecular formula is C21H23ClFN3O4. The smallest absolute Gasteiger partial charge is 0.407 e. The van der Waals surface area contributed by atoms with Crippen LogP contribution >= 0.6 is 11.6 Å². The van der Waals surface area contributed by atoms with E-state index in [4.69, 9.17) is 25.8 Å². The Bertz CT molecular complexity index is 941. The minimum absolute atomic E-state index is 0.00935. The molecule has 1 atom stereocenters. The molecule has 1 unspecified atom stereocenters. The predicted molar refractivity (Wildman–Crippen MR) is 109 cm³/mol. The number of hydrogen-bond donors (Lipinski definition) is 1. The fourth-order valence-corrected chi connectivity index (χ4v) is 2.63. The van der Waals surface area contributed by atoms with Gasteiger partial charge in [-0.1, -0.05) is 17.7 Å². The summed E-state index contributed by atoms with van der Waals surface area (Å²) in [5, 5.41) is 11.8. The van der Waals surface area contributed by atoms with Crippen molar-refractivity contribution in [1.82, 2.24) is 10.3 Å². The molecule has 0 fully saturated rings. The molecule has 0 spiro atoms. The average molecular weight is 436 g/mol. The zero-order valence-electron chi connectivity index (χ0n) is 17.2. The van der Waals surface area contributed by atoms with Gasteiger partial charge in [0.25, 0.3) is 0 Å². The van der Waals surface area contributed by atoms with E-state index in [9.17, 15) is 14.4 Å². The van der Waals surface area contributed by atoms with Crippen molar-refractivity contribution < 1.29 is 23.4 Å². The lowest BCUT2D eigenvalue weighted by Gasteiger charge is -2.22. The Morgan fingerprint density at radius 2 is 2.10 bits per heavy atom. The largest absolute Gasteiger partial charge is 0.483 e. The molecule has 2 aromatic rings. The van der Waals surface area contributed by atoms with Crippen LogP contribution in [0.2, 0.25) is 5.02 Å². The van der Waals surface area contributed by atoms with Crippen molar-refractivity contribution in [3.63, 3.8) is 0 Å². The van der Waals surface area contributed by atoms with Gasteiger partial charge in [0, 0.05) is 25.1 Å². The number of ether oxygens (including phenoxy) is 3. The number of halogens is 2. The highest BCUT2D eigenvalue weighted by atomic mass is 35.5. The number of carbonyl (C=O) groups is 1. The Balaban J connectivity index is 2.23. The molecule has 30 heavy (non-hydrogen) atoms. The third kappa shape index (κ3) is 6.78. The molecule has 1 N–H and O–H groups in total. The van der Waals surface area contributed by atoms with E-state index in [2.05, 4.69) is 10.3 Å². The first-order valence-corrected chi connectivity index (χ1v) is 9.54. The van der Waals surface area contributed by atoms with Crippen molar-refractivity contribution in [3.8, 4) is 17.7 Å². The van der Waals surface area contributed by atoms with E-state index in [0.29, 0.717) is 18.0 Å². The van der Waals surface area contributed by atoms with Crippen LogP contribution < -0.4 is 14.8 Å². The molecule has 0 aliphatic heterocycles. The molecule has 9 heteroatoms. The van der Waals surface area contributed by atoms with Gasteiger partial charge < -0.3 is 19.5 Å². The van der Waals surface area contributed by atoms with Crippen molar-refractivity contribution >= 4 is 17.7 Å². The summed E-state index contributed by atoms with van der Waals surface area (Å²) in [7, 11) is 1.49. The minimum Gasteiger partial charge on any atom is -0.483 e. The lowest BCUT2D eigenvalue weighted by Crippen LogP contribution is -2.33. The van der Waals surface area contributed by atoms with Gasteiger partial charge in [0.15, 0.2) is 0 Å². The number of alkyl carbamates (subject to hydrolysis) is 1. The zero-order chi connectivity index (χ0) is 22.3. The van der Waals surface area contributed by atoms with Crippen LogP contribution in [-0.2, 0) is 4.74 Å². The third-order valence-electron chi connectivity index (χ3n) is 3.77. The van der Waals surface area contributed by atoms with Crippen LogP contribution in [-0.4, -0.2) is 30.3 Å². The van der Waals surface area contributed by atoms with Crippen LogP contribution in [0.4, 0.5) is 9.18 Å².